The lowest BCUT2D eigenvalue weighted by atomic mass is 9.97. The predicted octanol–water partition coefficient (Wildman–Crippen LogP) is 4.33. The number of benzene rings is 1. The molecular weight excluding hydrogens is 236 g/mol. The number of aromatic nitrogens is 1. The maximum Gasteiger partial charge on any atom is 0.251 e. The van der Waals surface area contributed by atoms with Gasteiger partial charge in [0.15, 0.2) is 5.69 Å². The van der Waals surface area contributed by atoms with Crippen LogP contribution in [0, 0.1) is 6.57 Å². The van der Waals surface area contributed by atoms with E-state index in [4.69, 9.17) is 6.57 Å². The lowest BCUT2D eigenvalue weighted by molar-refractivity contribution is 0.847. The molecular formula is C16H18N2O. The third-order valence-corrected chi connectivity index (χ3v) is 3.38. The lowest BCUT2D eigenvalue weighted by Crippen LogP contribution is -2.13. The standard InChI is InChI=1S/C16H18N2O/c1-9(2)12-8-14-11(7-15(12)17-5)6-13(10(3)4)16(19)18-14/h6-10H,1-4H3,(H,18,19). The van der Waals surface area contributed by atoms with Crippen molar-refractivity contribution in [3.8, 4) is 0 Å². The van der Waals surface area contributed by atoms with Crippen molar-refractivity contribution >= 4 is 16.6 Å². The van der Waals surface area contributed by atoms with Crippen molar-refractivity contribution in [3.63, 3.8) is 0 Å². The molecule has 0 radical (unpaired) electrons. The van der Waals surface area contributed by atoms with Gasteiger partial charge in [0.2, 0.25) is 0 Å². The van der Waals surface area contributed by atoms with Crippen LogP contribution in [0.5, 0.6) is 0 Å². The summed E-state index contributed by atoms with van der Waals surface area (Å²) in [6.45, 7) is 15.4. The number of nitrogens with one attached hydrogen (secondary N) is 1. The highest BCUT2D eigenvalue weighted by molar-refractivity contribution is 5.85. The Kier molecular flexibility index (Phi) is 3.44. The second-order valence-corrected chi connectivity index (χ2v) is 5.47. The Morgan fingerprint density at radius 2 is 1.68 bits per heavy atom. The van der Waals surface area contributed by atoms with Gasteiger partial charge in [-0.25, -0.2) is 4.85 Å². The zero-order valence-electron chi connectivity index (χ0n) is 11.7. The van der Waals surface area contributed by atoms with Gasteiger partial charge < -0.3 is 4.98 Å². The second kappa shape index (κ2) is 4.89. The molecule has 19 heavy (non-hydrogen) atoms. The first-order valence-corrected chi connectivity index (χ1v) is 6.52. The van der Waals surface area contributed by atoms with Crippen molar-refractivity contribution in [2.45, 2.75) is 39.5 Å². The van der Waals surface area contributed by atoms with E-state index in [-0.39, 0.29) is 17.4 Å². The summed E-state index contributed by atoms with van der Waals surface area (Å²) in [5.74, 6) is 0.441. The van der Waals surface area contributed by atoms with Crippen LogP contribution >= 0.6 is 0 Å². The first kappa shape index (κ1) is 13.4. The smallest absolute Gasteiger partial charge is 0.251 e. The van der Waals surface area contributed by atoms with E-state index in [2.05, 4.69) is 23.7 Å². The SMILES string of the molecule is [C-]#[N+]c1cc2cc(C(C)C)c(=O)[nH]c2cc1C(C)C. The number of fused-ring (bicyclic) bond motifs is 1. The molecule has 2 aromatic rings. The Labute approximate surface area is 113 Å². The zero-order valence-corrected chi connectivity index (χ0v) is 11.7. The molecule has 0 aliphatic carbocycles. The topological polar surface area (TPSA) is 37.2 Å². The highest BCUT2D eigenvalue weighted by Gasteiger charge is 2.11. The van der Waals surface area contributed by atoms with E-state index in [1.165, 1.54) is 0 Å². The Morgan fingerprint density at radius 1 is 1.05 bits per heavy atom. The number of pyridine rings is 1. The van der Waals surface area contributed by atoms with Gasteiger partial charge in [-0.2, -0.15) is 0 Å². The van der Waals surface area contributed by atoms with Crippen LogP contribution in [0.1, 0.15) is 50.7 Å². The number of aromatic amines is 1. The molecule has 3 heteroatoms. The monoisotopic (exact) mass is 254 g/mol. The number of hydrogen-bond donors (Lipinski definition) is 1. The van der Waals surface area contributed by atoms with Crippen molar-refractivity contribution < 1.29 is 0 Å². The van der Waals surface area contributed by atoms with Crippen molar-refractivity contribution in [2.24, 2.45) is 0 Å². The van der Waals surface area contributed by atoms with E-state index < -0.39 is 0 Å². The van der Waals surface area contributed by atoms with Gasteiger partial charge in [-0.15, -0.1) is 0 Å². The van der Waals surface area contributed by atoms with E-state index in [0.29, 0.717) is 5.69 Å². The highest BCUT2D eigenvalue weighted by atomic mass is 16.1. The van der Waals surface area contributed by atoms with Gasteiger partial charge in [0.1, 0.15) is 0 Å². The molecule has 3 nitrogen and oxygen atoms in total. The van der Waals surface area contributed by atoms with E-state index >= 15 is 0 Å². The number of nitrogens with zero attached hydrogens (tertiary/aromatic N) is 1. The van der Waals surface area contributed by atoms with Gasteiger partial charge in [-0.1, -0.05) is 27.7 Å². The van der Waals surface area contributed by atoms with E-state index in [9.17, 15) is 4.79 Å². The van der Waals surface area contributed by atoms with Crippen LogP contribution in [-0.2, 0) is 0 Å². The maximum absolute atomic E-state index is 12.0. The van der Waals surface area contributed by atoms with E-state index in [1.54, 1.807) is 0 Å². The summed E-state index contributed by atoms with van der Waals surface area (Å²) < 4.78 is 0. The summed E-state index contributed by atoms with van der Waals surface area (Å²) in [5, 5.41) is 0.929. The largest absolute Gasteiger partial charge is 0.322 e. The minimum atomic E-state index is -0.0345. The molecule has 0 atom stereocenters. The quantitative estimate of drug-likeness (QED) is 0.796. The summed E-state index contributed by atoms with van der Waals surface area (Å²) in [6, 6.07) is 5.70. The van der Waals surface area contributed by atoms with Crippen molar-refractivity contribution in [1.29, 1.82) is 0 Å². The summed E-state index contributed by atoms with van der Waals surface area (Å²) >= 11 is 0. The van der Waals surface area contributed by atoms with Crippen LogP contribution in [0.25, 0.3) is 15.7 Å². The average Bonchev–Trinajstić information content (AvgIpc) is 2.35. The molecule has 0 saturated heterocycles. The number of rotatable bonds is 2. The summed E-state index contributed by atoms with van der Waals surface area (Å²) in [5.41, 5.74) is 3.19. The normalized spacial score (nSPS) is 11.2. The second-order valence-electron chi connectivity index (χ2n) is 5.47. The maximum atomic E-state index is 12.0. The Hall–Kier alpha value is -2.08. The van der Waals surface area contributed by atoms with Crippen LogP contribution in [0.3, 0.4) is 0 Å². The summed E-state index contributed by atoms with van der Waals surface area (Å²) in [7, 11) is 0. The molecule has 1 aromatic heterocycles. The molecule has 1 heterocycles. The van der Waals surface area contributed by atoms with Gasteiger partial charge in [0.05, 0.1) is 6.57 Å². The predicted molar refractivity (Wildman–Crippen MR) is 79.0 cm³/mol. The molecule has 0 aliphatic rings. The Bertz CT molecular complexity index is 718. The van der Waals surface area contributed by atoms with E-state index in [0.717, 1.165) is 22.0 Å². The number of hydrogen-bond acceptors (Lipinski definition) is 1. The van der Waals surface area contributed by atoms with Gasteiger partial charge in [-0.3, -0.25) is 4.79 Å². The van der Waals surface area contributed by atoms with Crippen LogP contribution in [0.4, 0.5) is 5.69 Å². The summed E-state index contributed by atoms with van der Waals surface area (Å²) in [6.07, 6.45) is 0. The lowest BCUT2D eigenvalue weighted by Gasteiger charge is -2.11. The van der Waals surface area contributed by atoms with Crippen LogP contribution in [0.2, 0.25) is 0 Å². The van der Waals surface area contributed by atoms with Crippen molar-refractivity contribution in [2.75, 3.05) is 0 Å². The highest BCUT2D eigenvalue weighted by Crippen LogP contribution is 2.31. The van der Waals surface area contributed by atoms with Crippen molar-refractivity contribution in [3.05, 3.63) is 51.1 Å². The fourth-order valence-corrected chi connectivity index (χ4v) is 2.26. The fraction of sp³-hybridized carbons (Fsp3) is 0.375. The van der Waals surface area contributed by atoms with Gasteiger partial charge >= 0.3 is 0 Å². The molecule has 0 aliphatic heterocycles. The molecule has 2 rings (SSSR count). The third-order valence-electron chi connectivity index (χ3n) is 3.38. The first-order valence-electron chi connectivity index (χ1n) is 6.52. The molecule has 0 amide bonds. The molecule has 0 fully saturated rings. The van der Waals surface area contributed by atoms with Crippen LogP contribution in [-0.4, -0.2) is 4.98 Å². The minimum Gasteiger partial charge on any atom is -0.322 e. The molecule has 98 valence electrons. The molecule has 0 unspecified atom stereocenters. The van der Waals surface area contributed by atoms with Crippen LogP contribution in [0.15, 0.2) is 23.0 Å². The molecule has 1 aromatic carbocycles. The third kappa shape index (κ3) is 2.39. The number of H-pyrrole nitrogens is 1. The molecule has 0 saturated carbocycles. The van der Waals surface area contributed by atoms with Gasteiger partial charge in [0.25, 0.3) is 5.56 Å². The first-order chi connectivity index (χ1) is 8.93. The molecule has 0 bridgehead atoms. The zero-order chi connectivity index (χ0) is 14.2. The Morgan fingerprint density at radius 3 is 2.21 bits per heavy atom. The Balaban J connectivity index is 2.80. The summed E-state index contributed by atoms with van der Waals surface area (Å²) in [4.78, 5) is 18.5. The molecule has 0 spiro atoms. The van der Waals surface area contributed by atoms with Gasteiger partial charge in [0, 0.05) is 11.1 Å². The average molecular weight is 254 g/mol. The van der Waals surface area contributed by atoms with Gasteiger partial charge in [-0.05, 0) is 41.0 Å². The molecule has 1 N–H and O–H groups in total. The van der Waals surface area contributed by atoms with E-state index in [1.807, 2.05) is 32.0 Å². The minimum absolute atomic E-state index is 0.0345. The fourth-order valence-electron chi connectivity index (χ4n) is 2.26. The van der Waals surface area contributed by atoms with Crippen LogP contribution < -0.4 is 5.56 Å². The van der Waals surface area contributed by atoms with Crippen molar-refractivity contribution in [1.82, 2.24) is 4.98 Å².